The molecule has 0 amide bonds. The van der Waals surface area contributed by atoms with Gasteiger partial charge in [-0.25, -0.2) is 9.50 Å². The molecule has 0 radical (unpaired) electrons. The Morgan fingerprint density at radius 1 is 1.24 bits per heavy atom. The molecule has 2 aromatic heterocycles. The van der Waals surface area contributed by atoms with Crippen LogP contribution < -0.4 is 15.0 Å². The van der Waals surface area contributed by atoms with Crippen LogP contribution in [0.5, 0.6) is 6.01 Å². The second-order valence-electron chi connectivity index (χ2n) is 9.58. The average Bonchev–Trinajstić information content (AvgIpc) is 3.48. The number of anilines is 1. The number of likely N-dealkylation sites (tertiary alicyclic amines) is 1. The van der Waals surface area contributed by atoms with E-state index in [0.29, 0.717) is 49.8 Å². The monoisotopic (exact) mass is 514 g/mol. The summed E-state index contributed by atoms with van der Waals surface area (Å²) in [7, 11) is 2.05. The zero-order valence-corrected chi connectivity index (χ0v) is 20.6. The van der Waals surface area contributed by atoms with Crippen LogP contribution in [-0.2, 0) is 12.6 Å². The maximum atomic E-state index is 13.6. The number of rotatable bonds is 7. The van der Waals surface area contributed by atoms with E-state index in [1.165, 1.54) is 12.1 Å². The molecule has 9 nitrogen and oxygen atoms in total. The lowest BCUT2D eigenvalue weighted by atomic mass is 10.0. The van der Waals surface area contributed by atoms with Crippen molar-refractivity contribution in [2.24, 2.45) is 0 Å². The molecule has 0 spiro atoms. The Morgan fingerprint density at radius 3 is 2.84 bits per heavy atom. The van der Waals surface area contributed by atoms with Crippen molar-refractivity contribution >= 4 is 11.5 Å². The number of fused-ring (bicyclic) bond motifs is 1. The maximum absolute atomic E-state index is 13.6. The number of nitrogens with one attached hydrogen (secondary N) is 1. The van der Waals surface area contributed by atoms with Gasteiger partial charge in [0, 0.05) is 38.1 Å². The molecule has 196 valence electrons. The number of likely N-dealkylation sites (N-methyl/N-ethyl adjacent to an activating group) is 1. The van der Waals surface area contributed by atoms with Crippen LogP contribution in [0.2, 0.25) is 0 Å². The Labute approximate surface area is 212 Å². The molecule has 1 N–H and O–H groups in total. The van der Waals surface area contributed by atoms with Crippen LogP contribution in [-0.4, -0.2) is 76.4 Å². The molecule has 37 heavy (non-hydrogen) atoms. The molecule has 0 bridgehead atoms. The first-order valence-electron chi connectivity index (χ1n) is 12.4. The van der Waals surface area contributed by atoms with Crippen LogP contribution in [0, 0.1) is 11.3 Å². The fraction of sp³-hybridized carbons (Fsp3) is 0.520. The van der Waals surface area contributed by atoms with Gasteiger partial charge in [-0.1, -0.05) is 18.2 Å². The third-order valence-corrected chi connectivity index (χ3v) is 7.06. The van der Waals surface area contributed by atoms with E-state index in [9.17, 15) is 13.2 Å². The zero-order valence-electron chi connectivity index (χ0n) is 20.6. The average molecular weight is 515 g/mol. The van der Waals surface area contributed by atoms with E-state index in [-0.39, 0.29) is 30.1 Å². The van der Waals surface area contributed by atoms with E-state index in [1.54, 1.807) is 16.8 Å². The Hall–Kier alpha value is -3.43. The summed E-state index contributed by atoms with van der Waals surface area (Å²) in [5.41, 5.74) is 0.411. The molecule has 0 aliphatic carbocycles. The summed E-state index contributed by atoms with van der Waals surface area (Å²) in [6.45, 7) is 3.27. The number of hydrogen-bond donors (Lipinski definition) is 1. The van der Waals surface area contributed by atoms with E-state index in [1.807, 2.05) is 4.90 Å². The molecule has 12 heteroatoms. The summed E-state index contributed by atoms with van der Waals surface area (Å²) in [6.07, 6.45) is -0.454. The Kier molecular flexibility index (Phi) is 7.17. The summed E-state index contributed by atoms with van der Waals surface area (Å²) in [6, 6.07) is 8.11. The van der Waals surface area contributed by atoms with Gasteiger partial charge >= 0.3 is 12.2 Å². The first kappa shape index (κ1) is 25.2. The van der Waals surface area contributed by atoms with Crippen LogP contribution in [0.3, 0.4) is 0 Å². The van der Waals surface area contributed by atoms with Crippen LogP contribution >= 0.6 is 0 Å². The summed E-state index contributed by atoms with van der Waals surface area (Å²) in [5.74, 6) is 0.546. The van der Waals surface area contributed by atoms with E-state index in [0.717, 1.165) is 25.5 Å². The molecule has 2 saturated heterocycles. The minimum Gasteiger partial charge on any atom is -0.461 e. The number of aromatic nitrogens is 4. The van der Waals surface area contributed by atoms with E-state index >= 15 is 0 Å². The number of ether oxygens (including phenoxy) is 1. The van der Waals surface area contributed by atoms with E-state index in [2.05, 4.69) is 38.4 Å². The number of nitrogens with zero attached hydrogens (tertiary/aromatic N) is 7. The molecule has 2 aliphatic rings. The van der Waals surface area contributed by atoms with Gasteiger partial charge in [0.25, 0.3) is 0 Å². The SMILES string of the molecule is CN1CCC[C@H]1COc1nc(N2CCN[C@@H](CC#N)C2)c2ncc(Cc3ccccc3C(F)(F)F)n2n1. The lowest BCUT2D eigenvalue weighted by Crippen LogP contribution is -2.51. The lowest BCUT2D eigenvalue weighted by molar-refractivity contribution is -0.138. The van der Waals surface area contributed by atoms with Gasteiger partial charge in [0.1, 0.15) is 6.61 Å². The van der Waals surface area contributed by atoms with Crippen LogP contribution in [0.4, 0.5) is 19.0 Å². The molecular weight excluding hydrogens is 485 g/mol. The smallest absolute Gasteiger partial charge is 0.416 e. The quantitative estimate of drug-likeness (QED) is 0.515. The fourth-order valence-corrected chi connectivity index (χ4v) is 5.06. The number of piperazine rings is 1. The van der Waals surface area contributed by atoms with Crippen molar-refractivity contribution in [2.75, 3.05) is 44.7 Å². The predicted octanol–water partition coefficient (Wildman–Crippen LogP) is 2.90. The van der Waals surface area contributed by atoms with Crippen molar-refractivity contribution in [3.8, 4) is 12.1 Å². The maximum Gasteiger partial charge on any atom is 0.416 e. The molecule has 4 heterocycles. The van der Waals surface area contributed by atoms with Crippen molar-refractivity contribution in [1.29, 1.82) is 5.26 Å². The highest BCUT2D eigenvalue weighted by Gasteiger charge is 2.33. The molecule has 0 unspecified atom stereocenters. The normalized spacial score (nSPS) is 20.9. The van der Waals surface area contributed by atoms with Gasteiger partial charge in [0.15, 0.2) is 11.5 Å². The molecule has 2 fully saturated rings. The third kappa shape index (κ3) is 5.47. The molecule has 5 rings (SSSR count). The van der Waals surface area contributed by atoms with Crippen LogP contribution in [0.1, 0.15) is 36.1 Å². The van der Waals surface area contributed by atoms with Crippen LogP contribution in [0.15, 0.2) is 30.5 Å². The molecule has 3 aromatic rings. The van der Waals surface area contributed by atoms with Gasteiger partial charge in [-0.3, -0.25) is 0 Å². The standard InChI is InChI=1S/C25H29F3N8O/c1-34-11-4-6-19(34)16-37-24-32-23(35-12-10-30-18(15-35)8-9-29)22-31-14-20(36(22)33-24)13-17-5-2-3-7-21(17)25(26,27)28/h2-3,5,7,14,18-19,30H,4,6,8,10-13,15-16H2,1H3/t18-,19-/m0/s1. The minimum absolute atomic E-state index is 0.00325. The largest absolute Gasteiger partial charge is 0.461 e. The summed E-state index contributed by atoms with van der Waals surface area (Å²) in [5, 5.41) is 17.0. The second-order valence-corrected chi connectivity index (χ2v) is 9.58. The number of hydrogen-bond acceptors (Lipinski definition) is 8. The Balaban J connectivity index is 1.51. The molecule has 1 aromatic carbocycles. The number of halogens is 3. The Bertz CT molecular complexity index is 1290. The molecule has 2 aliphatic heterocycles. The fourth-order valence-electron chi connectivity index (χ4n) is 5.06. The summed E-state index contributed by atoms with van der Waals surface area (Å²) >= 11 is 0. The minimum atomic E-state index is -4.46. The topological polar surface area (TPSA) is 94.6 Å². The van der Waals surface area contributed by atoms with Crippen molar-refractivity contribution < 1.29 is 17.9 Å². The van der Waals surface area contributed by atoms with Gasteiger partial charge < -0.3 is 19.9 Å². The highest BCUT2D eigenvalue weighted by Crippen LogP contribution is 2.33. The summed E-state index contributed by atoms with van der Waals surface area (Å²) in [4.78, 5) is 13.5. The number of alkyl halides is 3. The summed E-state index contributed by atoms with van der Waals surface area (Å²) < 4.78 is 48.5. The predicted molar refractivity (Wildman–Crippen MR) is 130 cm³/mol. The number of imidazole rings is 1. The van der Waals surface area contributed by atoms with Gasteiger partial charge in [0.2, 0.25) is 0 Å². The van der Waals surface area contributed by atoms with Crippen molar-refractivity contribution in [3.63, 3.8) is 0 Å². The van der Waals surface area contributed by atoms with Crippen molar-refractivity contribution in [2.45, 2.75) is 43.9 Å². The van der Waals surface area contributed by atoms with E-state index < -0.39 is 11.7 Å². The highest BCUT2D eigenvalue weighted by molar-refractivity contribution is 5.65. The molecular formula is C25H29F3N8O. The number of nitriles is 1. The van der Waals surface area contributed by atoms with Crippen LogP contribution in [0.25, 0.3) is 5.65 Å². The van der Waals surface area contributed by atoms with Crippen molar-refractivity contribution in [1.82, 2.24) is 29.8 Å². The zero-order chi connectivity index (χ0) is 26.0. The first-order valence-corrected chi connectivity index (χ1v) is 12.4. The third-order valence-electron chi connectivity index (χ3n) is 7.06. The number of benzene rings is 1. The van der Waals surface area contributed by atoms with Gasteiger partial charge in [0.05, 0.1) is 29.9 Å². The second kappa shape index (κ2) is 10.5. The molecule has 0 saturated carbocycles. The first-order chi connectivity index (χ1) is 17.8. The highest BCUT2D eigenvalue weighted by atomic mass is 19.4. The van der Waals surface area contributed by atoms with Crippen molar-refractivity contribution in [3.05, 3.63) is 47.3 Å². The van der Waals surface area contributed by atoms with Gasteiger partial charge in [-0.05, 0) is 38.1 Å². The van der Waals surface area contributed by atoms with Gasteiger partial charge in [-0.2, -0.15) is 23.4 Å². The van der Waals surface area contributed by atoms with E-state index in [4.69, 9.17) is 10.00 Å². The van der Waals surface area contributed by atoms with Gasteiger partial charge in [-0.15, -0.1) is 5.10 Å². The molecule has 2 atom stereocenters. The Morgan fingerprint density at radius 2 is 2.08 bits per heavy atom. The lowest BCUT2D eigenvalue weighted by Gasteiger charge is -2.33.